The van der Waals surface area contributed by atoms with Crippen LogP contribution < -0.4 is 5.32 Å². The third kappa shape index (κ3) is 3.14. The number of imidazole rings is 1. The van der Waals surface area contributed by atoms with Crippen LogP contribution in [-0.4, -0.2) is 42.8 Å². The SMILES string of the molecule is Cc1cc(C(=O)Nc2nc3c(s2)CN(C(=O)c2c(C)nc4ccccn24)CC3)no1. The lowest BCUT2D eigenvalue weighted by Gasteiger charge is -2.26. The monoisotopic (exact) mass is 422 g/mol. The topological polar surface area (TPSA) is 106 Å². The van der Waals surface area contributed by atoms with Crippen molar-refractivity contribution in [3.05, 3.63) is 63.9 Å². The van der Waals surface area contributed by atoms with Crippen molar-refractivity contribution >= 4 is 33.9 Å². The van der Waals surface area contributed by atoms with Crippen LogP contribution in [0, 0.1) is 13.8 Å². The maximum absolute atomic E-state index is 13.2. The molecule has 10 heteroatoms. The molecule has 0 bridgehead atoms. The molecule has 0 unspecified atom stereocenters. The number of anilines is 1. The van der Waals surface area contributed by atoms with Crippen molar-refractivity contribution in [3.63, 3.8) is 0 Å². The summed E-state index contributed by atoms with van der Waals surface area (Å²) in [4.78, 5) is 37.3. The first-order valence-corrected chi connectivity index (χ1v) is 10.3. The molecular formula is C20H18N6O3S. The average Bonchev–Trinajstić information content (AvgIpc) is 3.42. The molecule has 2 amide bonds. The first kappa shape index (κ1) is 18.5. The van der Waals surface area contributed by atoms with Gasteiger partial charge in [0.15, 0.2) is 10.8 Å². The van der Waals surface area contributed by atoms with Crippen molar-refractivity contribution < 1.29 is 14.1 Å². The Kier molecular flexibility index (Phi) is 4.35. The molecule has 4 aromatic heterocycles. The van der Waals surface area contributed by atoms with E-state index in [2.05, 4.69) is 20.4 Å². The largest absolute Gasteiger partial charge is 0.361 e. The molecule has 0 saturated carbocycles. The van der Waals surface area contributed by atoms with Crippen molar-refractivity contribution in [3.8, 4) is 0 Å². The van der Waals surface area contributed by atoms with E-state index < -0.39 is 0 Å². The summed E-state index contributed by atoms with van der Waals surface area (Å²) in [6, 6.07) is 7.23. The van der Waals surface area contributed by atoms with Crippen molar-refractivity contribution in [2.75, 3.05) is 11.9 Å². The summed E-state index contributed by atoms with van der Waals surface area (Å²) in [5.41, 5.74) is 3.15. The first-order chi connectivity index (χ1) is 14.5. The lowest BCUT2D eigenvalue weighted by Crippen LogP contribution is -2.36. The number of fused-ring (bicyclic) bond motifs is 2. The Balaban J connectivity index is 1.35. The van der Waals surface area contributed by atoms with Crippen molar-refractivity contribution in [2.45, 2.75) is 26.8 Å². The summed E-state index contributed by atoms with van der Waals surface area (Å²) in [5.74, 6) is 0.136. The van der Waals surface area contributed by atoms with Crippen LogP contribution in [0.5, 0.6) is 0 Å². The predicted octanol–water partition coefficient (Wildman–Crippen LogP) is 2.85. The smallest absolute Gasteiger partial charge is 0.279 e. The summed E-state index contributed by atoms with van der Waals surface area (Å²) in [6.07, 6.45) is 2.48. The van der Waals surface area contributed by atoms with E-state index in [0.717, 1.165) is 16.2 Å². The van der Waals surface area contributed by atoms with Crippen LogP contribution in [0.2, 0.25) is 0 Å². The van der Waals surface area contributed by atoms with Gasteiger partial charge in [0.05, 0.1) is 17.9 Å². The van der Waals surface area contributed by atoms with Gasteiger partial charge in [0.25, 0.3) is 11.8 Å². The van der Waals surface area contributed by atoms with Crippen LogP contribution in [0.3, 0.4) is 0 Å². The fourth-order valence-corrected chi connectivity index (χ4v) is 4.60. The number of rotatable bonds is 3. The fourth-order valence-electron chi connectivity index (χ4n) is 3.58. The Morgan fingerprint density at radius 3 is 2.90 bits per heavy atom. The number of hydrogen-bond donors (Lipinski definition) is 1. The normalized spacial score (nSPS) is 13.5. The second-order valence-corrected chi connectivity index (χ2v) is 8.20. The highest BCUT2D eigenvalue weighted by atomic mass is 32.1. The molecule has 4 aromatic rings. The molecule has 0 atom stereocenters. The van der Waals surface area contributed by atoms with Gasteiger partial charge in [0.2, 0.25) is 0 Å². The van der Waals surface area contributed by atoms with Gasteiger partial charge in [-0.25, -0.2) is 9.97 Å². The summed E-state index contributed by atoms with van der Waals surface area (Å²) >= 11 is 1.37. The zero-order chi connectivity index (χ0) is 20.8. The highest BCUT2D eigenvalue weighted by Crippen LogP contribution is 2.29. The second-order valence-electron chi connectivity index (χ2n) is 7.12. The summed E-state index contributed by atoms with van der Waals surface area (Å²) in [5, 5.41) is 6.97. The van der Waals surface area contributed by atoms with E-state index in [0.29, 0.717) is 41.8 Å². The summed E-state index contributed by atoms with van der Waals surface area (Å²) < 4.78 is 6.77. The first-order valence-electron chi connectivity index (χ1n) is 9.46. The maximum atomic E-state index is 13.2. The minimum Gasteiger partial charge on any atom is -0.361 e. The Morgan fingerprint density at radius 1 is 1.23 bits per heavy atom. The molecule has 0 aliphatic carbocycles. The highest BCUT2D eigenvalue weighted by Gasteiger charge is 2.28. The third-order valence-electron chi connectivity index (χ3n) is 5.01. The lowest BCUT2D eigenvalue weighted by atomic mass is 10.1. The van der Waals surface area contributed by atoms with Crippen molar-refractivity contribution in [2.24, 2.45) is 0 Å². The number of hydrogen-bond acceptors (Lipinski definition) is 7. The zero-order valence-corrected chi connectivity index (χ0v) is 17.2. The molecule has 1 N–H and O–H groups in total. The minimum atomic E-state index is -0.368. The van der Waals surface area contributed by atoms with Crippen molar-refractivity contribution in [1.82, 2.24) is 24.4 Å². The van der Waals surface area contributed by atoms with Crippen LogP contribution in [0.1, 0.15) is 43.0 Å². The molecule has 1 aliphatic heterocycles. The van der Waals surface area contributed by atoms with Gasteiger partial charge in [-0.05, 0) is 26.0 Å². The Morgan fingerprint density at radius 2 is 2.10 bits per heavy atom. The van der Waals surface area contributed by atoms with Gasteiger partial charge in [-0.15, -0.1) is 0 Å². The second kappa shape index (κ2) is 7.06. The number of carbonyl (C=O) groups is 2. The molecule has 9 nitrogen and oxygen atoms in total. The van der Waals surface area contributed by atoms with Crippen LogP contribution in [-0.2, 0) is 13.0 Å². The van der Waals surface area contributed by atoms with Gasteiger partial charge >= 0.3 is 0 Å². The Hall–Kier alpha value is -3.53. The van der Waals surface area contributed by atoms with Gasteiger partial charge in [0, 0.05) is 30.1 Å². The Bertz CT molecular complexity index is 1290. The number of aryl methyl sites for hydroxylation is 2. The molecule has 0 aromatic carbocycles. The van der Waals surface area contributed by atoms with Gasteiger partial charge in [0.1, 0.15) is 17.1 Å². The molecule has 30 heavy (non-hydrogen) atoms. The molecule has 5 heterocycles. The summed E-state index contributed by atoms with van der Waals surface area (Å²) in [7, 11) is 0. The third-order valence-corrected chi connectivity index (χ3v) is 6.00. The summed E-state index contributed by atoms with van der Waals surface area (Å²) in [6.45, 7) is 4.58. The number of pyridine rings is 1. The molecular weight excluding hydrogens is 404 g/mol. The molecule has 0 saturated heterocycles. The van der Waals surface area contributed by atoms with Crippen LogP contribution >= 0.6 is 11.3 Å². The van der Waals surface area contributed by atoms with Crippen molar-refractivity contribution in [1.29, 1.82) is 0 Å². The van der Waals surface area contributed by atoms with Gasteiger partial charge < -0.3 is 9.42 Å². The van der Waals surface area contributed by atoms with E-state index in [1.54, 1.807) is 17.9 Å². The molecule has 0 spiro atoms. The molecule has 5 rings (SSSR count). The molecule has 152 valence electrons. The predicted molar refractivity (Wildman–Crippen MR) is 110 cm³/mol. The van der Waals surface area contributed by atoms with E-state index in [4.69, 9.17) is 4.52 Å². The van der Waals surface area contributed by atoms with E-state index in [1.165, 1.54) is 11.3 Å². The molecule has 1 aliphatic rings. The number of thiazole rings is 1. The van der Waals surface area contributed by atoms with Crippen LogP contribution in [0.25, 0.3) is 5.65 Å². The number of carbonyl (C=O) groups excluding carboxylic acids is 2. The van der Waals surface area contributed by atoms with E-state index >= 15 is 0 Å². The van der Waals surface area contributed by atoms with E-state index in [1.807, 2.05) is 35.7 Å². The fraction of sp³-hybridized carbons (Fsp3) is 0.250. The quantitative estimate of drug-likeness (QED) is 0.544. The maximum Gasteiger partial charge on any atom is 0.279 e. The zero-order valence-electron chi connectivity index (χ0n) is 16.4. The Labute approximate surface area is 175 Å². The number of aromatic nitrogens is 4. The van der Waals surface area contributed by atoms with Gasteiger partial charge in [-0.2, -0.15) is 0 Å². The highest BCUT2D eigenvalue weighted by molar-refractivity contribution is 7.15. The number of nitrogens with zero attached hydrogens (tertiary/aromatic N) is 5. The molecule has 0 radical (unpaired) electrons. The van der Waals surface area contributed by atoms with E-state index in [-0.39, 0.29) is 17.5 Å². The van der Waals surface area contributed by atoms with Crippen LogP contribution in [0.15, 0.2) is 35.0 Å². The average molecular weight is 422 g/mol. The van der Waals surface area contributed by atoms with Gasteiger partial charge in [-0.3, -0.25) is 19.3 Å². The standard InChI is InChI=1S/C20H18N6O3S/c1-11-9-14(24-29-11)18(27)23-20-22-13-6-8-25(10-15(13)30-20)19(28)17-12(2)21-16-5-3-4-7-26(16)17/h3-5,7,9H,6,8,10H2,1-2H3,(H,22,23,27). The molecule has 0 fully saturated rings. The van der Waals surface area contributed by atoms with E-state index in [9.17, 15) is 9.59 Å². The minimum absolute atomic E-state index is 0.0612. The number of nitrogens with one attached hydrogen (secondary N) is 1. The van der Waals surface area contributed by atoms with Crippen LogP contribution in [0.4, 0.5) is 5.13 Å². The van der Waals surface area contributed by atoms with Gasteiger partial charge in [-0.1, -0.05) is 22.6 Å². The number of amides is 2. The lowest BCUT2D eigenvalue weighted by molar-refractivity contribution is 0.0728.